The highest BCUT2D eigenvalue weighted by Gasteiger charge is 2.30. The highest BCUT2D eigenvalue weighted by molar-refractivity contribution is 7.89. The lowest BCUT2D eigenvalue weighted by atomic mass is 10.1. The van der Waals surface area contributed by atoms with E-state index < -0.39 is 27.7 Å². The van der Waals surface area contributed by atoms with E-state index in [0.29, 0.717) is 18.8 Å². The summed E-state index contributed by atoms with van der Waals surface area (Å²) >= 11 is 0. The number of halogens is 4. The molecule has 2 aromatic rings. The number of amides is 1. The molecule has 1 aliphatic heterocycles. The highest BCUT2D eigenvalue weighted by Crippen LogP contribution is 2.29. The van der Waals surface area contributed by atoms with Crippen LogP contribution in [0.5, 0.6) is 0 Å². The number of sulfonamides is 1. The molecule has 0 spiro atoms. The van der Waals surface area contributed by atoms with Crippen molar-refractivity contribution in [1.29, 1.82) is 0 Å². The van der Waals surface area contributed by atoms with E-state index in [2.05, 4.69) is 5.32 Å². The zero-order valence-corrected chi connectivity index (χ0v) is 17.2. The average molecular weight is 459 g/mol. The Kier molecular flexibility index (Phi) is 6.85. The van der Waals surface area contributed by atoms with Crippen LogP contribution in [-0.4, -0.2) is 57.1 Å². The van der Waals surface area contributed by atoms with E-state index in [1.165, 1.54) is 10.4 Å². The first kappa shape index (κ1) is 23.0. The summed E-state index contributed by atoms with van der Waals surface area (Å²) in [6.07, 6.45) is -4.50. The van der Waals surface area contributed by atoms with Crippen molar-refractivity contribution in [3.63, 3.8) is 0 Å². The minimum absolute atomic E-state index is 0.00361. The topological polar surface area (TPSA) is 69.7 Å². The normalized spacial score (nSPS) is 15.7. The zero-order chi connectivity index (χ0) is 22.6. The summed E-state index contributed by atoms with van der Waals surface area (Å²) in [7, 11) is -3.65. The van der Waals surface area contributed by atoms with Gasteiger partial charge >= 0.3 is 6.18 Å². The average Bonchev–Trinajstić information content (AvgIpc) is 2.73. The third kappa shape index (κ3) is 5.73. The number of rotatable bonds is 6. The van der Waals surface area contributed by atoms with Crippen LogP contribution in [0.2, 0.25) is 0 Å². The number of carbonyl (C=O) groups is 1. The first-order valence-electron chi connectivity index (χ1n) is 9.51. The molecule has 1 N–H and O–H groups in total. The first-order valence-corrected chi connectivity index (χ1v) is 11.1. The van der Waals surface area contributed by atoms with Gasteiger partial charge in [0.2, 0.25) is 10.0 Å². The van der Waals surface area contributed by atoms with Crippen molar-refractivity contribution < 1.29 is 30.8 Å². The van der Waals surface area contributed by atoms with Crippen LogP contribution >= 0.6 is 0 Å². The lowest BCUT2D eigenvalue weighted by Crippen LogP contribution is -2.50. The lowest BCUT2D eigenvalue weighted by Gasteiger charge is -2.35. The molecule has 0 radical (unpaired) electrons. The highest BCUT2D eigenvalue weighted by atomic mass is 32.2. The number of benzene rings is 2. The molecule has 1 heterocycles. The molecule has 1 aliphatic rings. The van der Waals surface area contributed by atoms with Gasteiger partial charge in [0, 0.05) is 38.3 Å². The number of para-hydroxylation sites is 1. The summed E-state index contributed by atoms with van der Waals surface area (Å²) in [6, 6.07) is 9.93. The summed E-state index contributed by atoms with van der Waals surface area (Å²) in [5.74, 6) is -1.38. The Morgan fingerprint density at radius 3 is 2.16 bits per heavy atom. The van der Waals surface area contributed by atoms with Crippen LogP contribution in [0.3, 0.4) is 0 Å². The largest absolute Gasteiger partial charge is 0.416 e. The van der Waals surface area contributed by atoms with Gasteiger partial charge in [0.1, 0.15) is 5.82 Å². The van der Waals surface area contributed by atoms with Gasteiger partial charge in [-0.2, -0.15) is 17.5 Å². The van der Waals surface area contributed by atoms with Crippen LogP contribution in [-0.2, 0) is 16.2 Å². The zero-order valence-electron chi connectivity index (χ0n) is 16.4. The van der Waals surface area contributed by atoms with E-state index in [4.69, 9.17) is 0 Å². The second-order valence-electron chi connectivity index (χ2n) is 6.98. The predicted octanol–water partition coefficient (Wildman–Crippen LogP) is 2.73. The van der Waals surface area contributed by atoms with E-state index in [1.807, 2.05) is 0 Å². The van der Waals surface area contributed by atoms with Crippen LogP contribution in [0.4, 0.5) is 23.2 Å². The van der Waals surface area contributed by atoms with Crippen molar-refractivity contribution >= 4 is 21.6 Å². The summed E-state index contributed by atoms with van der Waals surface area (Å²) < 4.78 is 78.0. The van der Waals surface area contributed by atoms with Gasteiger partial charge in [-0.05, 0) is 36.4 Å². The van der Waals surface area contributed by atoms with Gasteiger partial charge in [-0.25, -0.2) is 12.8 Å². The van der Waals surface area contributed by atoms with Gasteiger partial charge in [-0.1, -0.05) is 12.1 Å². The van der Waals surface area contributed by atoms with Gasteiger partial charge in [-0.15, -0.1) is 0 Å². The molecule has 6 nitrogen and oxygen atoms in total. The molecule has 0 bridgehead atoms. The molecule has 3 rings (SSSR count). The predicted molar refractivity (Wildman–Crippen MR) is 108 cm³/mol. The van der Waals surface area contributed by atoms with Gasteiger partial charge in [0.25, 0.3) is 5.91 Å². The monoisotopic (exact) mass is 459 g/mol. The Hall–Kier alpha value is -2.66. The molecule has 1 saturated heterocycles. The number of hydrogen-bond acceptors (Lipinski definition) is 4. The molecule has 0 aromatic heterocycles. The molecule has 1 fully saturated rings. The number of alkyl halides is 3. The number of hydrogen-bond donors (Lipinski definition) is 1. The standard InChI is InChI=1S/C20H21F4N3O3S/c21-17-3-1-2-4-18(17)26-10-12-27(13-11-26)31(29,30)14-9-25-19(28)15-5-7-16(8-6-15)20(22,23)24/h1-8H,9-14H2,(H,25,28). The number of carbonyl (C=O) groups excluding carboxylic acids is 1. The second-order valence-corrected chi connectivity index (χ2v) is 9.07. The summed E-state index contributed by atoms with van der Waals surface area (Å²) in [6.45, 7) is 0.846. The van der Waals surface area contributed by atoms with Crippen molar-refractivity contribution in [3.05, 3.63) is 65.5 Å². The van der Waals surface area contributed by atoms with Crippen molar-refractivity contribution in [1.82, 2.24) is 9.62 Å². The van der Waals surface area contributed by atoms with E-state index in [1.54, 1.807) is 23.1 Å². The van der Waals surface area contributed by atoms with Crippen molar-refractivity contribution in [2.45, 2.75) is 6.18 Å². The quantitative estimate of drug-likeness (QED) is 0.675. The molecule has 168 valence electrons. The van der Waals surface area contributed by atoms with Crippen molar-refractivity contribution in [2.75, 3.05) is 43.4 Å². The maximum absolute atomic E-state index is 13.9. The summed E-state index contributed by atoms with van der Waals surface area (Å²) in [4.78, 5) is 13.8. The number of piperazine rings is 1. The second kappa shape index (κ2) is 9.23. The fourth-order valence-electron chi connectivity index (χ4n) is 3.25. The minimum atomic E-state index is -4.50. The minimum Gasteiger partial charge on any atom is -0.367 e. The Morgan fingerprint density at radius 1 is 0.968 bits per heavy atom. The van der Waals surface area contributed by atoms with Crippen molar-refractivity contribution in [3.8, 4) is 0 Å². The van der Waals surface area contributed by atoms with Gasteiger partial charge in [-0.3, -0.25) is 4.79 Å². The molecule has 11 heteroatoms. The molecule has 1 amide bonds. The Morgan fingerprint density at radius 2 is 1.58 bits per heavy atom. The Balaban J connectivity index is 1.49. The van der Waals surface area contributed by atoms with Crippen molar-refractivity contribution in [2.24, 2.45) is 0 Å². The molecule has 0 atom stereocenters. The SMILES string of the molecule is O=C(NCCS(=O)(=O)N1CCN(c2ccccc2F)CC1)c1ccc(C(F)(F)F)cc1. The molecule has 0 saturated carbocycles. The van der Waals surface area contributed by atoms with Gasteiger partial charge in [0.05, 0.1) is 17.0 Å². The molecule has 0 unspecified atom stereocenters. The van der Waals surface area contributed by atoms with Crippen LogP contribution < -0.4 is 10.2 Å². The van der Waals surface area contributed by atoms with Gasteiger partial charge < -0.3 is 10.2 Å². The fraction of sp³-hybridized carbons (Fsp3) is 0.350. The van der Waals surface area contributed by atoms with E-state index >= 15 is 0 Å². The van der Waals surface area contributed by atoms with Gasteiger partial charge in [0.15, 0.2) is 0 Å². The molecule has 0 aliphatic carbocycles. The summed E-state index contributed by atoms with van der Waals surface area (Å²) in [5, 5.41) is 2.41. The third-order valence-electron chi connectivity index (χ3n) is 4.95. The number of anilines is 1. The Labute approximate surface area is 177 Å². The van der Waals surface area contributed by atoms with Crippen LogP contribution in [0.1, 0.15) is 15.9 Å². The molecular weight excluding hydrogens is 438 g/mol. The van der Waals surface area contributed by atoms with Crippen LogP contribution in [0.15, 0.2) is 48.5 Å². The van der Waals surface area contributed by atoms with E-state index in [0.717, 1.165) is 24.3 Å². The smallest absolute Gasteiger partial charge is 0.367 e. The molecule has 31 heavy (non-hydrogen) atoms. The number of nitrogens with zero attached hydrogens (tertiary/aromatic N) is 2. The Bertz CT molecular complexity index is 1020. The molecule has 2 aromatic carbocycles. The van der Waals surface area contributed by atoms with E-state index in [9.17, 15) is 30.8 Å². The third-order valence-corrected chi connectivity index (χ3v) is 6.82. The maximum Gasteiger partial charge on any atom is 0.416 e. The number of nitrogens with one attached hydrogen (secondary N) is 1. The fourth-order valence-corrected chi connectivity index (χ4v) is 4.59. The molecular formula is C20H21F4N3O3S. The van der Waals surface area contributed by atoms with E-state index in [-0.39, 0.29) is 36.8 Å². The van der Waals surface area contributed by atoms with Crippen LogP contribution in [0.25, 0.3) is 0 Å². The maximum atomic E-state index is 13.9. The summed E-state index contributed by atoms with van der Waals surface area (Å²) in [5.41, 5.74) is -0.451. The lowest BCUT2D eigenvalue weighted by molar-refractivity contribution is -0.137. The van der Waals surface area contributed by atoms with Crippen LogP contribution in [0, 0.1) is 5.82 Å². The first-order chi connectivity index (χ1) is 14.6.